The van der Waals surface area contributed by atoms with Crippen molar-refractivity contribution >= 4 is 11.9 Å². The molecule has 0 fully saturated rings. The fourth-order valence-corrected chi connectivity index (χ4v) is 8.10. The van der Waals surface area contributed by atoms with Crippen molar-refractivity contribution in [2.75, 3.05) is 13.2 Å². The van der Waals surface area contributed by atoms with Crippen LogP contribution in [0.15, 0.2) is 24.3 Å². The number of hydrogen-bond donors (Lipinski definition) is 3. The van der Waals surface area contributed by atoms with Crippen molar-refractivity contribution in [3.8, 4) is 0 Å². The lowest BCUT2D eigenvalue weighted by Crippen LogP contribution is -2.45. The van der Waals surface area contributed by atoms with Crippen molar-refractivity contribution in [2.45, 2.75) is 296 Å². The highest BCUT2D eigenvalue weighted by molar-refractivity contribution is 5.76. The van der Waals surface area contributed by atoms with Crippen LogP contribution in [0.2, 0.25) is 0 Å². The van der Waals surface area contributed by atoms with Gasteiger partial charge >= 0.3 is 5.97 Å². The monoisotopic (exact) mass is 846 g/mol. The molecule has 0 aromatic carbocycles. The number of nitrogens with one attached hydrogen (secondary N) is 1. The minimum atomic E-state index is -0.673. The second kappa shape index (κ2) is 50.0. The van der Waals surface area contributed by atoms with E-state index in [1.54, 1.807) is 0 Å². The molecule has 0 aliphatic carbocycles. The summed E-state index contributed by atoms with van der Waals surface area (Å²) in [7, 11) is 0. The van der Waals surface area contributed by atoms with Gasteiger partial charge in [-0.2, -0.15) is 0 Å². The minimum Gasteiger partial charge on any atom is -0.466 e. The lowest BCUT2D eigenvalue weighted by molar-refractivity contribution is -0.143. The Morgan fingerprint density at radius 2 is 0.783 bits per heavy atom. The second-order valence-corrected chi connectivity index (χ2v) is 18.2. The van der Waals surface area contributed by atoms with Crippen molar-refractivity contribution in [3.05, 3.63) is 24.3 Å². The summed E-state index contributed by atoms with van der Waals surface area (Å²) in [5.41, 5.74) is 0. The van der Waals surface area contributed by atoms with Crippen molar-refractivity contribution < 1.29 is 24.5 Å². The van der Waals surface area contributed by atoms with Gasteiger partial charge in [0.25, 0.3) is 0 Å². The number of hydrogen-bond acceptors (Lipinski definition) is 5. The maximum Gasteiger partial charge on any atom is 0.305 e. The summed E-state index contributed by atoms with van der Waals surface area (Å²) in [6, 6.07) is -0.552. The summed E-state index contributed by atoms with van der Waals surface area (Å²) in [6.07, 6.45) is 58.6. The predicted molar refractivity (Wildman–Crippen MR) is 260 cm³/mol. The number of ether oxygens (including phenoxy) is 1. The van der Waals surface area contributed by atoms with Gasteiger partial charge in [0.15, 0.2) is 0 Å². The first kappa shape index (κ1) is 58.3. The molecule has 354 valence electrons. The molecule has 0 rings (SSSR count). The topological polar surface area (TPSA) is 95.9 Å². The third-order valence-electron chi connectivity index (χ3n) is 12.2. The van der Waals surface area contributed by atoms with Crippen molar-refractivity contribution in [3.63, 3.8) is 0 Å². The Morgan fingerprint density at radius 3 is 1.18 bits per heavy atom. The fraction of sp³-hybridized carbons (Fsp3) is 0.889. The Kier molecular flexibility index (Phi) is 48.6. The zero-order valence-corrected chi connectivity index (χ0v) is 40.2. The Hall–Kier alpha value is -1.66. The molecule has 6 heteroatoms. The third-order valence-corrected chi connectivity index (χ3v) is 12.2. The van der Waals surface area contributed by atoms with E-state index in [1.165, 1.54) is 180 Å². The van der Waals surface area contributed by atoms with Gasteiger partial charge in [-0.15, -0.1) is 0 Å². The smallest absolute Gasteiger partial charge is 0.305 e. The minimum absolute atomic E-state index is 0.0176. The molecule has 0 bridgehead atoms. The van der Waals surface area contributed by atoms with E-state index in [4.69, 9.17) is 4.74 Å². The molecule has 0 saturated carbocycles. The molecule has 2 atom stereocenters. The molecule has 6 nitrogen and oxygen atoms in total. The van der Waals surface area contributed by atoms with Crippen LogP contribution in [-0.2, 0) is 14.3 Å². The van der Waals surface area contributed by atoms with Crippen LogP contribution in [-0.4, -0.2) is 47.4 Å². The van der Waals surface area contributed by atoms with E-state index in [9.17, 15) is 19.8 Å². The second-order valence-electron chi connectivity index (χ2n) is 18.2. The number of unbranched alkanes of at least 4 members (excludes halogenated alkanes) is 34. The molecule has 0 aliphatic rings. The van der Waals surface area contributed by atoms with E-state index in [0.29, 0.717) is 25.9 Å². The van der Waals surface area contributed by atoms with Crippen LogP contribution in [0, 0.1) is 0 Å². The molecular formula is C54H103NO5. The average Bonchev–Trinajstić information content (AvgIpc) is 3.25. The number of carbonyl (C=O) groups is 2. The standard InChI is InChI=1S/C54H103NO5/c1-3-5-7-9-11-13-15-17-18-21-24-28-32-36-40-44-48-54(59)60-49-45-41-37-33-29-25-22-19-20-23-27-31-35-39-43-47-53(58)55-51(50-56)52(57)46-42-38-34-30-26-16-14-12-10-8-6-4-2/h18,21-22,25,51-52,56-57H,3-17,19-20,23-24,26-50H2,1-2H3,(H,55,58)/b21-18-,25-22-. The highest BCUT2D eigenvalue weighted by Crippen LogP contribution is 2.16. The van der Waals surface area contributed by atoms with Gasteiger partial charge in [0.2, 0.25) is 5.91 Å². The highest BCUT2D eigenvalue weighted by atomic mass is 16.5. The zero-order valence-electron chi connectivity index (χ0n) is 40.2. The van der Waals surface area contributed by atoms with Gasteiger partial charge in [-0.05, 0) is 77.0 Å². The summed E-state index contributed by atoms with van der Waals surface area (Å²) < 4.78 is 5.46. The highest BCUT2D eigenvalue weighted by Gasteiger charge is 2.20. The number of allylic oxidation sites excluding steroid dienone is 4. The molecule has 0 aliphatic heterocycles. The number of carbonyl (C=O) groups excluding carboxylic acids is 2. The molecule has 0 saturated heterocycles. The number of esters is 1. The lowest BCUT2D eigenvalue weighted by Gasteiger charge is -2.22. The van der Waals surface area contributed by atoms with Gasteiger partial charge in [-0.3, -0.25) is 9.59 Å². The van der Waals surface area contributed by atoms with E-state index in [-0.39, 0.29) is 18.5 Å². The largest absolute Gasteiger partial charge is 0.466 e. The molecule has 0 aromatic heterocycles. The van der Waals surface area contributed by atoms with Crippen molar-refractivity contribution in [2.24, 2.45) is 0 Å². The van der Waals surface area contributed by atoms with Crippen LogP contribution in [0.4, 0.5) is 0 Å². The van der Waals surface area contributed by atoms with Gasteiger partial charge < -0.3 is 20.3 Å². The van der Waals surface area contributed by atoms with Gasteiger partial charge in [-0.25, -0.2) is 0 Å². The van der Waals surface area contributed by atoms with Gasteiger partial charge in [-0.1, -0.05) is 218 Å². The molecular weight excluding hydrogens is 743 g/mol. The average molecular weight is 846 g/mol. The Bertz CT molecular complexity index is 935. The number of rotatable bonds is 49. The van der Waals surface area contributed by atoms with E-state index in [0.717, 1.165) is 70.6 Å². The van der Waals surface area contributed by atoms with E-state index in [2.05, 4.69) is 43.5 Å². The van der Waals surface area contributed by atoms with Crippen molar-refractivity contribution in [1.29, 1.82) is 0 Å². The lowest BCUT2D eigenvalue weighted by atomic mass is 10.0. The third kappa shape index (κ3) is 45.9. The van der Waals surface area contributed by atoms with Crippen LogP contribution in [0.1, 0.15) is 284 Å². The SMILES string of the molecule is CCCCCCCCC/C=C\CCCCCCCC(=O)OCCCCCC/C=C\CCCCCCCCCC(=O)NC(CO)C(O)CCCCCCCCCCCCCC. The Labute approximate surface area is 373 Å². The molecule has 1 amide bonds. The van der Waals surface area contributed by atoms with E-state index < -0.39 is 12.1 Å². The Balaban J connectivity index is 3.47. The number of aliphatic hydroxyl groups is 2. The number of aliphatic hydroxyl groups excluding tert-OH is 2. The molecule has 0 radical (unpaired) electrons. The summed E-state index contributed by atoms with van der Waals surface area (Å²) >= 11 is 0. The van der Waals surface area contributed by atoms with Crippen LogP contribution in [0.3, 0.4) is 0 Å². The van der Waals surface area contributed by atoms with Crippen LogP contribution >= 0.6 is 0 Å². The van der Waals surface area contributed by atoms with Crippen LogP contribution in [0.5, 0.6) is 0 Å². The maximum atomic E-state index is 12.4. The molecule has 0 spiro atoms. The Morgan fingerprint density at radius 1 is 0.450 bits per heavy atom. The molecule has 2 unspecified atom stereocenters. The van der Waals surface area contributed by atoms with Gasteiger partial charge in [0.1, 0.15) is 0 Å². The molecule has 0 heterocycles. The molecule has 0 aromatic rings. The fourth-order valence-electron chi connectivity index (χ4n) is 8.10. The van der Waals surface area contributed by atoms with E-state index >= 15 is 0 Å². The predicted octanol–water partition coefficient (Wildman–Crippen LogP) is 15.9. The quantitative estimate of drug-likeness (QED) is 0.0322. The summed E-state index contributed by atoms with van der Waals surface area (Å²) in [4.78, 5) is 24.5. The first-order valence-electron chi connectivity index (χ1n) is 26.6. The number of amides is 1. The van der Waals surface area contributed by atoms with Crippen LogP contribution in [0.25, 0.3) is 0 Å². The zero-order chi connectivity index (χ0) is 43.7. The summed E-state index contributed by atoms with van der Waals surface area (Å²) in [5.74, 6) is -0.0687. The summed E-state index contributed by atoms with van der Waals surface area (Å²) in [5, 5.41) is 23.2. The van der Waals surface area contributed by atoms with E-state index in [1.807, 2.05) is 0 Å². The maximum absolute atomic E-state index is 12.4. The van der Waals surface area contributed by atoms with Crippen molar-refractivity contribution in [1.82, 2.24) is 5.32 Å². The van der Waals surface area contributed by atoms with Crippen LogP contribution < -0.4 is 5.32 Å². The normalized spacial score (nSPS) is 12.8. The first-order valence-corrected chi connectivity index (χ1v) is 26.6. The summed E-state index contributed by atoms with van der Waals surface area (Å²) in [6.45, 7) is 4.91. The molecule has 3 N–H and O–H groups in total. The van der Waals surface area contributed by atoms with Gasteiger partial charge in [0, 0.05) is 12.8 Å². The molecule has 60 heavy (non-hydrogen) atoms. The first-order chi connectivity index (χ1) is 29.5. The van der Waals surface area contributed by atoms with Gasteiger partial charge in [0.05, 0.1) is 25.4 Å².